The number of rotatable bonds is 6. The molecule has 0 bridgehead atoms. The Morgan fingerprint density at radius 3 is 2.89 bits per heavy atom. The predicted octanol–water partition coefficient (Wildman–Crippen LogP) is 2.04. The molecular formula is C13H17FN4O. The molecule has 1 heterocycles. The molecule has 1 unspecified atom stereocenters. The highest BCUT2D eigenvalue weighted by atomic mass is 19.1. The monoisotopic (exact) mass is 264 g/mol. The number of aromatic amines is 1. The lowest BCUT2D eigenvalue weighted by atomic mass is 10.1. The van der Waals surface area contributed by atoms with Crippen molar-refractivity contribution in [3.05, 3.63) is 41.7 Å². The number of nitrogens with one attached hydrogen (secondary N) is 2. The highest BCUT2D eigenvalue weighted by Gasteiger charge is 2.20. The minimum Gasteiger partial charge on any atom is -0.497 e. The lowest BCUT2D eigenvalue weighted by Crippen LogP contribution is -2.25. The molecule has 0 aliphatic carbocycles. The molecule has 102 valence electrons. The summed E-state index contributed by atoms with van der Waals surface area (Å²) in [7, 11) is 1.51. The van der Waals surface area contributed by atoms with Gasteiger partial charge < -0.3 is 10.1 Å². The van der Waals surface area contributed by atoms with E-state index in [1.165, 1.54) is 19.5 Å². The fraction of sp³-hybridized carbons (Fsp3) is 0.385. The van der Waals surface area contributed by atoms with Crippen LogP contribution in [0.4, 0.5) is 4.39 Å². The molecule has 0 saturated carbocycles. The molecular weight excluding hydrogens is 247 g/mol. The Balaban J connectivity index is 2.32. The third kappa shape index (κ3) is 3.08. The Hall–Kier alpha value is -1.95. The average molecular weight is 264 g/mol. The maximum absolute atomic E-state index is 14.1. The molecule has 0 amide bonds. The summed E-state index contributed by atoms with van der Waals surface area (Å²) in [6, 6.07) is 4.46. The molecule has 1 aromatic heterocycles. The zero-order valence-corrected chi connectivity index (χ0v) is 11.0. The van der Waals surface area contributed by atoms with E-state index < -0.39 is 0 Å². The molecule has 1 aromatic carbocycles. The molecule has 5 nitrogen and oxygen atoms in total. The van der Waals surface area contributed by atoms with Crippen molar-refractivity contribution >= 4 is 0 Å². The van der Waals surface area contributed by atoms with Gasteiger partial charge in [-0.15, -0.1) is 0 Å². The summed E-state index contributed by atoms with van der Waals surface area (Å²) in [5.41, 5.74) is 0.519. The number of halogens is 1. The maximum atomic E-state index is 14.1. The number of methoxy groups -OCH3 is 1. The van der Waals surface area contributed by atoms with Crippen molar-refractivity contribution in [3.8, 4) is 5.75 Å². The van der Waals surface area contributed by atoms with Crippen LogP contribution in [0.1, 0.15) is 30.8 Å². The maximum Gasteiger partial charge on any atom is 0.146 e. The fourth-order valence-electron chi connectivity index (χ4n) is 1.87. The summed E-state index contributed by atoms with van der Waals surface area (Å²) in [4.78, 5) is 4.10. The van der Waals surface area contributed by atoms with Crippen LogP contribution in [0.25, 0.3) is 0 Å². The zero-order chi connectivity index (χ0) is 13.7. The van der Waals surface area contributed by atoms with Crippen molar-refractivity contribution in [2.45, 2.75) is 19.4 Å². The van der Waals surface area contributed by atoms with Crippen molar-refractivity contribution in [1.82, 2.24) is 20.5 Å². The molecule has 0 fully saturated rings. The molecule has 6 heteroatoms. The molecule has 0 aliphatic heterocycles. The van der Waals surface area contributed by atoms with Gasteiger partial charge in [-0.2, -0.15) is 5.10 Å². The van der Waals surface area contributed by atoms with Crippen LogP contribution in [0.3, 0.4) is 0 Å². The van der Waals surface area contributed by atoms with Gasteiger partial charge in [-0.1, -0.05) is 13.0 Å². The molecule has 0 aliphatic rings. The van der Waals surface area contributed by atoms with Crippen molar-refractivity contribution in [2.75, 3.05) is 13.7 Å². The zero-order valence-electron chi connectivity index (χ0n) is 11.0. The van der Waals surface area contributed by atoms with Gasteiger partial charge >= 0.3 is 0 Å². The third-order valence-electron chi connectivity index (χ3n) is 2.82. The van der Waals surface area contributed by atoms with E-state index in [1.807, 2.05) is 0 Å². The number of nitrogens with zero attached hydrogens (tertiary/aromatic N) is 2. The lowest BCUT2D eigenvalue weighted by Gasteiger charge is -2.17. The van der Waals surface area contributed by atoms with Gasteiger partial charge in [0.25, 0.3) is 0 Å². The smallest absolute Gasteiger partial charge is 0.146 e. The van der Waals surface area contributed by atoms with E-state index in [2.05, 4.69) is 27.4 Å². The summed E-state index contributed by atoms with van der Waals surface area (Å²) < 4.78 is 19.1. The minimum absolute atomic E-state index is 0.329. The number of hydrogen-bond donors (Lipinski definition) is 2. The standard InChI is InChI=1S/C13H17FN4O/c1-3-6-15-12(13-16-8-17-18-13)10-5-4-9(19-2)7-11(10)14/h4-5,7-8,12,15H,3,6H2,1-2H3,(H,16,17,18). The quantitative estimate of drug-likeness (QED) is 0.838. The highest BCUT2D eigenvalue weighted by molar-refractivity contribution is 5.33. The van der Waals surface area contributed by atoms with E-state index in [-0.39, 0.29) is 11.9 Å². The second-order valence-corrected chi connectivity index (χ2v) is 4.15. The molecule has 0 spiro atoms. The number of benzene rings is 1. The van der Waals surface area contributed by atoms with E-state index in [0.29, 0.717) is 17.1 Å². The van der Waals surface area contributed by atoms with E-state index in [4.69, 9.17) is 4.74 Å². The van der Waals surface area contributed by atoms with Crippen LogP contribution in [0.5, 0.6) is 5.75 Å². The molecule has 2 rings (SSSR count). The number of hydrogen-bond acceptors (Lipinski definition) is 4. The van der Waals surface area contributed by atoms with Crippen molar-refractivity contribution < 1.29 is 9.13 Å². The molecule has 2 aromatic rings. The van der Waals surface area contributed by atoms with Crippen LogP contribution < -0.4 is 10.1 Å². The van der Waals surface area contributed by atoms with Crippen molar-refractivity contribution in [2.24, 2.45) is 0 Å². The van der Waals surface area contributed by atoms with Gasteiger partial charge in [0, 0.05) is 11.6 Å². The Labute approximate surface area is 111 Å². The second kappa shape index (κ2) is 6.29. The van der Waals surface area contributed by atoms with Gasteiger partial charge in [0.05, 0.1) is 13.2 Å². The Kier molecular flexibility index (Phi) is 4.46. The van der Waals surface area contributed by atoms with Crippen LogP contribution in [0.2, 0.25) is 0 Å². The van der Waals surface area contributed by atoms with Crippen molar-refractivity contribution in [3.63, 3.8) is 0 Å². The normalized spacial score (nSPS) is 12.4. The Bertz CT molecular complexity index is 515. The third-order valence-corrected chi connectivity index (χ3v) is 2.82. The summed E-state index contributed by atoms with van der Waals surface area (Å²) >= 11 is 0. The summed E-state index contributed by atoms with van der Waals surface area (Å²) in [5.74, 6) is 0.759. The number of H-pyrrole nitrogens is 1. The Morgan fingerprint density at radius 2 is 2.32 bits per heavy atom. The summed E-state index contributed by atoms with van der Waals surface area (Å²) in [6.45, 7) is 2.81. The van der Waals surface area contributed by atoms with Gasteiger partial charge in [-0.3, -0.25) is 5.10 Å². The largest absolute Gasteiger partial charge is 0.497 e. The Morgan fingerprint density at radius 1 is 1.47 bits per heavy atom. The summed E-state index contributed by atoms with van der Waals surface area (Å²) in [6.07, 6.45) is 2.36. The van der Waals surface area contributed by atoms with E-state index in [9.17, 15) is 4.39 Å². The summed E-state index contributed by atoms with van der Waals surface area (Å²) in [5, 5.41) is 9.85. The van der Waals surface area contributed by atoms with E-state index in [1.54, 1.807) is 12.1 Å². The first-order valence-electron chi connectivity index (χ1n) is 6.18. The van der Waals surface area contributed by atoms with Crippen molar-refractivity contribution in [1.29, 1.82) is 0 Å². The van der Waals surface area contributed by atoms with Crippen LogP contribution in [-0.2, 0) is 0 Å². The van der Waals surface area contributed by atoms with Crippen LogP contribution >= 0.6 is 0 Å². The first kappa shape index (κ1) is 13.5. The lowest BCUT2D eigenvalue weighted by molar-refractivity contribution is 0.409. The van der Waals surface area contributed by atoms with E-state index >= 15 is 0 Å². The predicted molar refractivity (Wildman–Crippen MR) is 69.5 cm³/mol. The van der Waals surface area contributed by atoms with Gasteiger partial charge in [0.15, 0.2) is 0 Å². The van der Waals surface area contributed by atoms with Crippen LogP contribution in [-0.4, -0.2) is 28.8 Å². The average Bonchev–Trinajstić information content (AvgIpc) is 2.94. The van der Waals surface area contributed by atoms with Crippen LogP contribution in [0.15, 0.2) is 24.5 Å². The molecule has 1 atom stereocenters. The van der Waals surface area contributed by atoms with Crippen LogP contribution in [0, 0.1) is 5.82 Å². The minimum atomic E-state index is -0.339. The SMILES string of the molecule is CCCNC(c1ncn[nH]1)c1ccc(OC)cc1F. The molecule has 19 heavy (non-hydrogen) atoms. The second-order valence-electron chi connectivity index (χ2n) is 4.15. The van der Waals surface area contributed by atoms with Gasteiger partial charge in [-0.25, -0.2) is 9.37 Å². The molecule has 0 saturated heterocycles. The van der Waals surface area contributed by atoms with E-state index in [0.717, 1.165) is 13.0 Å². The van der Waals surface area contributed by atoms with Gasteiger partial charge in [0.1, 0.15) is 23.7 Å². The fourth-order valence-corrected chi connectivity index (χ4v) is 1.87. The van der Waals surface area contributed by atoms with Gasteiger partial charge in [-0.05, 0) is 19.0 Å². The number of aromatic nitrogens is 3. The first-order valence-corrected chi connectivity index (χ1v) is 6.18. The first-order chi connectivity index (χ1) is 9.26. The van der Waals surface area contributed by atoms with Gasteiger partial charge in [0.2, 0.25) is 0 Å². The number of ether oxygens (including phenoxy) is 1. The topological polar surface area (TPSA) is 62.8 Å². The molecule has 2 N–H and O–H groups in total. The highest BCUT2D eigenvalue weighted by Crippen LogP contribution is 2.25. The molecule has 0 radical (unpaired) electrons.